The minimum Gasteiger partial charge on any atom is -0.372 e. The fourth-order valence-electron chi connectivity index (χ4n) is 3.10. The maximum Gasteiger partial charge on any atom is 0.261 e. The maximum absolute atomic E-state index is 12.8. The van der Waals surface area contributed by atoms with Crippen LogP contribution in [0, 0.1) is 0 Å². The highest BCUT2D eigenvalue weighted by atomic mass is 35.5. The smallest absolute Gasteiger partial charge is 0.261 e. The monoisotopic (exact) mass is 442 g/mol. The molecule has 1 heterocycles. The van der Waals surface area contributed by atoms with Crippen LogP contribution >= 0.6 is 23.2 Å². The summed E-state index contributed by atoms with van der Waals surface area (Å²) < 4.78 is 33.6. The van der Waals surface area contributed by atoms with E-state index in [9.17, 15) is 13.2 Å². The van der Waals surface area contributed by atoms with Crippen LogP contribution in [0.2, 0.25) is 10.0 Å². The summed E-state index contributed by atoms with van der Waals surface area (Å²) in [6.45, 7) is 4.71. The summed E-state index contributed by atoms with van der Waals surface area (Å²) in [6, 6.07) is 10.4. The molecule has 1 fully saturated rings. The summed E-state index contributed by atoms with van der Waals surface area (Å²) >= 11 is 12.0. The molecule has 0 unspecified atom stereocenters. The number of morpholine rings is 1. The van der Waals surface area contributed by atoms with Gasteiger partial charge in [-0.2, -0.15) is 0 Å². The molecule has 3 rings (SSSR count). The van der Waals surface area contributed by atoms with Gasteiger partial charge in [-0.25, -0.2) is 8.42 Å². The van der Waals surface area contributed by atoms with Gasteiger partial charge in [0.1, 0.15) is 0 Å². The molecule has 1 amide bonds. The number of hydrogen-bond donors (Lipinski definition) is 1. The highest BCUT2D eigenvalue weighted by Crippen LogP contribution is 2.28. The van der Waals surface area contributed by atoms with E-state index in [0.29, 0.717) is 23.7 Å². The quantitative estimate of drug-likeness (QED) is 0.774. The number of rotatable bonds is 4. The Morgan fingerprint density at radius 1 is 1.11 bits per heavy atom. The van der Waals surface area contributed by atoms with E-state index in [2.05, 4.69) is 4.72 Å². The van der Waals surface area contributed by atoms with Crippen molar-refractivity contribution >= 4 is 44.8 Å². The van der Waals surface area contributed by atoms with E-state index < -0.39 is 10.0 Å². The topological polar surface area (TPSA) is 75.7 Å². The lowest BCUT2D eigenvalue weighted by molar-refractivity contribution is -0.0586. The summed E-state index contributed by atoms with van der Waals surface area (Å²) in [4.78, 5) is 14.5. The number of anilines is 1. The van der Waals surface area contributed by atoms with Gasteiger partial charge in [0, 0.05) is 23.7 Å². The maximum atomic E-state index is 12.8. The van der Waals surface area contributed by atoms with E-state index in [0.717, 1.165) is 0 Å². The summed E-state index contributed by atoms with van der Waals surface area (Å²) in [5.41, 5.74) is 0.461. The summed E-state index contributed by atoms with van der Waals surface area (Å²) in [6.07, 6.45) is -0.155. The molecular formula is C19H20Cl2N2O4S. The van der Waals surface area contributed by atoms with Crippen molar-refractivity contribution in [3.8, 4) is 0 Å². The Balaban J connectivity index is 1.85. The molecule has 1 saturated heterocycles. The van der Waals surface area contributed by atoms with Crippen molar-refractivity contribution in [3.05, 3.63) is 58.1 Å². The average Bonchev–Trinajstić information content (AvgIpc) is 2.63. The Morgan fingerprint density at radius 3 is 2.46 bits per heavy atom. The van der Waals surface area contributed by atoms with Gasteiger partial charge in [-0.15, -0.1) is 0 Å². The van der Waals surface area contributed by atoms with Crippen LogP contribution in [0.25, 0.3) is 0 Å². The van der Waals surface area contributed by atoms with Gasteiger partial charge >= 0.3 is 0 Å². The van der Waals surface area contributed by atoms with Crippen molar-refractivity contribution in [1.29, 1.82) is 0 Å². The Morgan fingerprint density at radius 2 is 1.79 bits per heavy atom. The van der Waals surface area contributed by atoms with Crippen LogP contribution in [-0.2, 0) is 14.8 Å². The highest BCUT2D eigenvalue weighted by molar-refractivity contribution is 7.92. The Labute approximate surface area is 174 Å². The minimum absolute atomic E-state index is 0.0382. The third-order valence-corrected chi connectivity index (χ3v) is 6.20. The molecule has 2 atom stereocenters. The molecule has 1 aliphatic rings. The van der Waals surface area contributed by atoms with Crippen LogP contribution < -0.4 is 4.72 Å². The van der Waals surface area contributed by atoms with Crippen LogP contribution in [0.5, 0.6) is 0 Å². The van der Waals surface area contributed by atoms with Crippen LogP contribution in [0.15, 0.2) is 47.4 Å². The molecule has 2 aromatic rings. The predicted molar refractivity (Wildman–Crippen MR) is 110 cm³/mol. The van der Waals surface area contributed by atoms with Gasteiger partial charge in [0.05, 0.1) is 27.8 Å². The van der Waals surface area contributed by atoms with Crippen molar-refractivity contribution < 1.29 is 17.9 Å². The number of amides is 1. The second kappa shape index (κ2) is 8.29. The molecule has 0 saturated carbocycles. The number of benzene rings is 2. The zero-order valence-electron chi connectivity index (χ0n) is 15.4. The second-order valence-corrected chi connectivity index (χ2v) is 9.25. The molecule has 0 spiro atoms. The van der Waals surface area contributed by atoms with Gasteiger partial charge in [0.25, 0.3) is 15.9 Å². The lowest BCUT2D eigenvalue weighted by Crippen LogP contribution is -2.48. The normalized spacial score (nSPS) is 20.1. The lowest BCUT2D eigenvalue weighted by Gasteiger charge is -2.35. The van der Waals surface area contributed by atoms with Crippen molar-refractivity contribution in [2.45, 2.75) is 31.0 Å². The van der Waals surface area contributed by atoms with Crippen molar-refractivity contribution in [3.63, 3.8) is 0 Å². The predicted octanol–water partition coefficient (Wildman–Crippen LogP) is 4.04. The van der Waals surface area contributed by atoms with Crippen molar-refractivity contribution in [1.82, 2.24) is 4.90 Å². The van der Waals surface area contributed by atoms with E-state index in [1.165, 1.54) is 30.3 Å². The summed E-state index contributed by atoms with van der Waals surface area (Å²) in [5, 5.41) is 0.568. The molecule has 9 heteroatoms. The van der Waals surface area contributed by atoms with Gasteiger partial charge in [0.15, 0.2) is 0 Å². The van der Waals surface area contributed by atoms with E-state index >= 15 is 0 Å². The third kappa shape index (κ3) is 4.78. The summed E-state index contributed by atoms with van der Waals surface area (Å²) in [5.74, 6) is -0.236. The van der Waals surface area contributed by atoms with E-state index in [4.69, 9.17) is 27.9 Å². The van der Waals surface area contributed by atoms with Gasteiger partial charge < -0.3 is 9.64 Å². The first-order chi connectivity index (χ1) is 13.2. The molecule has 28 heavy (non-hydrogen) atoms. The van der Waals surface area contributed by atoms with Crippen LogP contribution in [0.4, 0.5) is 5.69 Å². The van der Waals surface area contributed by atoms with Gasteiger partial charge in [-0.3, -0.25) is 9.52 Å². The average molecular weight is 443 g/mol. The molecule has 1 N–H and O–H groups in total. The Bertz CT molecular complexity index is 987. The number of hydrogen-bond acceptors (Lipinski definition) is 4. The summed E-state index contributed by atoms with van der Waals surface area (Å²) in [7, 11) is -3.95. The number of halogens is 2. The van der Waals surface area contributed by atoms with Gasteiger partial charge in [-0.1, -0.05) is 29.3 Å². The molecule has 150 valence electrons. The zero-order valence-corrected chi connectivity index (χ0v) is 17.7. The van der Waals surface area contributed by atoms with E-state index in [1.54, 1.807) is 17.0 Å². The SMILES string of the molecule is C[C@@H]1CN(C(=O)c2cccc(S(=O)(=O)Nc3cc(Cl)ccc3Cl)c2)C[C@H](C)O1. The lowest BCUT2D eigenvalue weighted by atomic mass is 10.1. The second-order valence-electron chi connectivity index (χ2n) is 6.72. The number of sulfonamides is 1. The molecule has 0 radical (unpaired) electrons. The van der Waals surface area contributed by atoms with Gasteiger partial charge in [0.2, 0.25) is 0 Å². The standard InChI is InChI=1S/C19H20Cl2N2O4S/c1-12-10-23(11-13(2)27-12)19(24)14-4-3-5-16(8-14)28(25,26)22-18-9-15(20)6-7-17(18)21/h3-9,12-13,22H,10-11H2,1-2H3/t12-,13+. The van der Waals surface area contributed by atoms with E-state index in [1.807, 2.05) is 13.8 Å². The molecular weight excluding hydrogens is 423 g/mol. The Kier molecular flexibility index (Phi) is 6.19. The first-order valence-corrected chi connectivity index (χ1v) is 10.9. The Hall–Kier alpha value is -1.80. The molecule has 0 aliphatic carbocycles. The fraction of sp³-hybridized carbons (Fsp3) is 0.316. The van der Waals surface area contributed by atoms with Crippen molar-refractivity contribution in [2.24, 2.45) is 0 Å². The van der Waals surface area contributed by atoms with E-state index in [-0.39, 0.29) is 33.7 Å². The first kappa shape index (κ1) is 20.9. The van der Waals surface area contributed by atoms with Crippen molar-refractivity contribution in [2.75, 3.05) is 17.8 Å². The third-order valence-electron chi connectivity index (χ3n) is 4.27. The molecule has 0 aromatic heterocycles. The minimum atomic E-state index is -3.95. The first-order valence-electron chi connectivity index (χ1n) is 8.68. The zero-order chi connectivity index (χ0) is 20.5. The molecule has 1 aliphatic heterocycles. The highest BCUT2D eigenvalue weighted by Gasteiger charge is 2.27. The number of nitrogens with one attached hydrogen (secondary N) is 1. The van der Waals surface area contributed by atoms with Gasteiger partial charge in [-0.05, 0) is 50.2 Å². The number of ether oxygens (including phenoxy) is 1. The molecule has 2 aromatic carbocycles. The molecule has 0 bridgehead atoms. The number of nitrogens with zero attached hydrogens (tertiary/aromatic N) is 1. The molecule has 6 nitrogen and oxygen atoms in total. The van der Waals surface area contributed by atoms with Crippen LogP contribution in [-0.4, -0.2) is 44.5 Å². The fourth-order valence-corrected chi connectivity index (χ4v) is 4.61. The number of carbonyl (C=O) groups excluding carboxylic acids is 1. The number of carbonyl (C=O) groups is 1. The largest absolute Gasteiger partial charge is 0.372 e. The van der Waals surface area contributed by atoms with Crippen LogP contribution in [0.3, 0.4) is 0 Å². The van der Waals surface area contributed by atoms with Crippen LogP contribution in [0.1, 0.15) is 24.2 Å².